The van der Waals surface area contributed by atoms with Crippen molar-refractivity contribution in [2.75, 3.05) is 20.1 Å². The lowest BCUT2D eigenvalue weighted by molar-refractivity contribution is -0.136. The van der Waals surface area contributed by atoms with Gasteiger partial charge in [0.25, 0.3) is 5.91 Å². The molecule has 3 rings (SSSR count). The van der Waals surface area contributed by atoms with Crippen LogP contribution in [0.5, 0.6) is 0 Å². The van der Waals surface area contributed by atoms with E-state index >= 15 is 0 Å². The fourth-order valence-electron chi connectivity index (χ4n) is 3.25. The van der Waals surface area contributed by atoms with Gasteiger partial charge in [0.05, 0.1) is 12.5 Å². The summed E-state index contributed by atoms with van der Waals surface area (Å²) in [7, 11) is 1.78. The Hall–Kier alpha value is -2.63. The van der Waals surface area contributed by atoms with Gasteiger partial charge in [0.15, 0.2) is 0 Å². The Bertz CT molecular complexity index is 728. The molecule has 5 nitrogen and oxygen atoms in total. The molecule has 132 valence electrons. The third-order valence-electron chi connectivity index (χ3n) is 4.60. The quantitative estimate of drug-likeness (QED) is 0.928. The minimum Gasteiger partial charge on any atom is -0.364 e. The second kappa shape index (κ2) is 7.51. The Morgan fingerprint density at radius 1 is 1.28 bits per heavy atom. The fourth-order valence-corrected chi connectivity index (χ4v) is 3.25. The first kappa shape index (κ1) is 17.2. The molecule has 6 heteroatoms. The van der Waals surface area contributed by atoms with E-state index in [0.29, 0.717) is 25.2 Å². The van der Waals surface area contributed by atoms with Crippen molar-refractivity contribution in [1.82, 2.24) is 14.8 Å². The van der Waals surface area contributed by atoms with Crippen LogP contribution in [0.4, 0.5) is 4.39 Å². The monoisotopic (exact) mass is 343 g/mol. The van der Waals surface area contributed by atoms with Gasteiger partial charge < -0.3 is 14.8 Å². The molecule has 0 aliphatic carbocycles. The summed E-state index contributed by atoms with van der Waals surface area (Å²) in [5.41, 5.74) is 1.43. The van der Waals surface area contributed by atoms with Gasteiger partial charge in [-0.15, -0.1) is 0 Å². The molecule has 2 amide bonds. The molecular weight excluding hydrogens is 321 g/mol. The minimum atomic E-state index is -0.366. The van der Waals surface area contributed by atoms with Crippen molar-refractivity contribution in [3.63, 3.8) is 0 Å². The SMILES string of the molecule is CN(Cc1ccc[nH]1)C(=O)C1CCCN(C(=O)c2ccc(F)cc2)C1. The smallest absolute Gasteiger partial charge is 0.253 e. The van der Waals surface area contributed by atoms with Gasteiger partial charge in [-0.25, -0.2) is 4.39 Å². The zero-order chi connectivity index (χ0) is 17.8. The van der Waals surface area contributed by atoms with Crippen molar-refractivity contribution in [2.45, 2.75) is 19.4 Å². The lowest BCUT2D eigenvalue weighted by Crippen LogP contribution is -2.45. The zero-order valence-corrected chi connectivity index (χ0v) is 14.2. The number of piperidine rings is 1. The molecule has 0 saturated carbocycles. The van der Waals surface area contributed by atoms with Gasteiger partial charge in [0.2, 0.25) is 5.91 Å². The summed E-state index contributed by atoms with van der Waals surface area (Å²) in [6, 6.07) is 9.38. The number of aromatic amines is 1. The zero-order valence-electron chi connectivity index (χ0n) is 14.2. The largest absolute Gasteiger partial charge is 0.364 e. The maximum absolute atomic E-state index is 13.0. The molecule has 1 N–H and O–H groups in total. The molecule has 0 bridgehead atoms. The van der Waals surface area contributed by atoms with Crippen molar-refractivity contribution in [2.24, 2.45) is 5.92 Å². The van der Waals surface area contributed by atoms with Crippen LogP contribution in [0.25, 0.3) is 0 Å². The number of rotatable bonds is 4. The Labute approximate surface area is 146 Å². The molecule has 0 radical (unpaired) electrons. The Morgan fingerprint density at radius 2 is 2.04 bits per heavy atom. The molecule has 2 aromatic rings. The first-order chi connectivity index (χ1) is 12.0. The minimum absolute atomic E-state index is 0.0474. The number of nitrogens with zero attached hydrogens (tertiary/aromatic N) is 2. The van der Waals surface area contributed by atoms with Crippen LogP contribution in [-0.4, -0.2) is 46.7 Å². The van der Waals surface area contributed by atoms with Crippen molar-refractivity contribution in [1.29, 1.82) is 0 Å². The van der Waals surface area contributed by atoms with Gasteiger partial charge >= 0.3 is 0 Å². The molecule has 2 heterocycles. The second-order valence-electron chi connectivity index (χ2n) is 6.49. The highest BCUT2D eigenvalue weighted by Gasteiger charge is 2.30. The molecule has 1 saturated heterocycles. The predicted octanol–water partition coefficient (Wildman–Crippen LogP) is 2.66. The van der Waals surface area contributed by atoms with Crippen LogP contribution in [0, 0.1) is 11.7 Å². The molecule has 1 aliphatic heterocycles. The highest BCUT2D eigenvalue weighted by molar-refractivity contribution is 5.94. The van der Waals surface area contributed by atoms with Crippen LogP contribution in [0.3, 0.4) is 0 Å². The van der Waals surface area contributed by atoms with Gasteiger partial charge in [0.1, 0.15) is 5.82 Å². The van der Waals surface area contributed by atoms with Crippen LogP contribution < -0.4 is 0 Å². The summed E-state index contributed by atoms with van der Waals surface area (Å²) in [6.45, 7) is 1.55. The van der Waals surface area contributed by atoms with E-state index in [9.17, 15) is 14.0 Å². The van der Waals surface area contributed by atoms with E-state index in [1.165, 1.54) is 24.3 Å². The first-order valence-corrected chi connectivity index (χ1v) is 8.46. The van der Waals surface area contributed by atoms with Crippen LogP contribution in [0.1, 0.15) is 28.9 Å². The maximum atomic E-state index is 13.0. The van der Waals surface area contributed by atoms with Crippen LogP contribution in [0.2, 0.25) is 0 Å². The van der Waals surface area contributed by atoms with Gasteiger partial charge in [-0.1, -0.05) is 0 Å². The van der Waals surface area contributed by atoms with Crippen molar-refractivity contribution < 1.29 is 14.0 Å². The number of carbonyl (C=O) groups is 2. The highest BCUT2D eigenvalue weighted by Crippen LogP contribution is 2.21. The third-order valence-corrected chi connectivity index (χ3v) is 4.60. The summed E-state index contributed by atoms with van der Waals surface area (Å²) in [5.74, 6) is -0.664. The molecule has 25 heavy (non-hydrogen) atoms. The van der Waals surface area contributed by atoms with E-state index in [1.54, 1.807) is 16.8 Å². The van der Waals surface area contributed by atoms with E-state index in [1.807, 2.05) is 18.3 Å². The average molecular weight is 343 g/mol. The molecule has 1 fully saturated rings. The van der Waals surface area contributed by atoms with E-state index in [0.717, 1.165) is 18.5 Å². The van der Waals surface area contributed by atoms with Gasteiger partial charge in [-0.05, 0) is 49.2 Å². The van der Waals surface area contributed by atoms with Crippen LogP contribution in [-0.2, 0) is 11.3 Å². The normalized spacial score (nSPS) is 17.4. The lowest BCUT2D eigenvalue weighted by atomic mass is 9.96. The number of carbonyl (C=O) groups excluding carboxylic acids is 2. The molecule has 0 spiro atoms. The summed E-state index contributed by atoms with van der Waals surface area (Å²) in [5, 5.41) is 0. The molecule has 1 unspecified atom stereocenters. The van der Waals surface area contributed by atoms with E-state index in [-0.39, 0.29) is 23.5 Å². The van der Waals surface area contributed by atoms with Crippen molar-refractivity contribution in [3.8, 4) is 0 Å². The summed E-state index contributed by atoms with van der Waals surface area (Å²) in [4.78, 5) is 31.8. The molecule has 1 aromatic carbocycles. The number of halogens is 1. The Balaban J connectivity index is 1.63. The third kappa shape index (κ3) is 4.07. The number of nitrogens with one attached hydrogen (secondary N) is 1. The van der Waals surface area contributed by atoms with Crippen LogP contribution in [0.15, 0.2) is 42.6 Å². The maximum Gasteiger partial charge on any atom is 0.253 e. The summed E-state index contributed by atoms with van der Waals surface area (Å²) in [6.07, 6.45) is 3.40. The van der Waals surface area contributed by atoms with Gasteiger partial charge in [0, 0.05) is 37.6 Å². The van der Waals surface area contributed by atoms with Crippen molar-refractivity contribution in [3.05, 3.63) is 59.7 Å². The number of aromatic nitrogens is 1. The van der Waals surface area contributed by atoms with E-state index in [2.05, 4.69) is 4.98 Å². The van der Waals surface area contributed by atoms with Gasteiger partial charge in [-0.2, -0.15) is 0 Å². The molecular formula is C19H22FN3O2. The summed E-state index contributed by atoms with van der Waals surface area (Å²) < 4.78 is 13.0. The number of hydrogen-bond acceptors (Lipinski definition) is 2. The lowest BCUT2D eigenvalue weighted by Gasteiger charge is -2.34. The second-order valence-corrected chi connectivity index (χ2v) is 6.49. The standard InChI is InChI=1S/C19H22FN3O2/c1-22(13-17-5-2-10-21-17)18(24)15-4-3-11-23(12-15)19(25)14-6-8-16(20)9-7-14/h2,5-10,15,21H,3-4,11-13H2,1H3. The number of likely N-dealkylation sites (tertiary alicyclic amines) is 1. The molecule has 1 aromatic heterocycles. The Morgan fingerprint density at radius 3 is 2.72 bits per heavy atom. The van der Waals surface area contributed by atoms with Crippen LogP contribution >= 0.6 is 0 Å². The van der Waals surface area contributed by atoms with Gasteiger partial charge in [-0.3, -0.25) is 9.59 Å². The number of hydrogen-bond donors (Lipinski definition) is 1. The first-order valence-electron chi connectivity index (χ1n) is 8.46. The average Bonchev–Trinajstić information content (AvgIpc) is 3.14. The highest BCUT2D eigenvalue weighted by atomic mass is 19.1. The van der Waals surface area contributed by atoms with E-state index < -0.39 is 0 Å². The molecule has 1 atom stereocenters. The number of benzene rings is 1. The van der Waals surface area contributed by atoms with Crippen molar-refractivity contribution >= 4 is 11.8 Å². The number of amides is 2. The fraction of sp³-hybridized carbons (Fsp3) is 0.368. The number of H-pyrrole nitrogens is 1. The summed E-state index contributed by atoms with van der Waals surface area (Å²) >= 11 is 0. The topological polar surface area (TPSA) is 56.4 Å². The predicted molar refractivity (Wildman–Crippen MR) is 92.3 cm³/mol. The molecule has 1 aliphatic rings. The Kier molecular flexibility index (Phi) is 5.16. The van der Waals surface area contributed by atoms with E-state index in [4.69, 9.17) is 0 Å².